The summed E-state index contributed by atoms with van der Waals surface area (Å²) in [6.45, 7) is 3.33. The molecule has 3 rings (SSSR count). The molecule has 104 valence electrons. The van der Waals surface area contributed by atoms with Crippen molar-refractivity contribution in [2.75, 3.05) is 6.54 Å². The lowest BCUT2D eigenvalue weighted by molar-refractivity contribution is 0.562. The predicted octanol–water partition coefficient (Wildman–Crippen LogP) is 5.25. The van der Waals surface area contributed by atoms with Crippen LogP contribution >= 0.6 is 22.7 Å². The second kappa shape index (κ2) is 6.53. The molecule has 0 fully saturated rings. The molecule has 1 nitrogen and oxygen atoms in total. The van der Waals surface area contributed by atoms with Crippen LogP contribution in [0.4, 0.5) is 0 Å². The molecule has 2 heterocycles. The fourth-order valence-corrected chi connectivity index (χ4v) is 4.25. The quantitative estimate of drug-likeness (QED) is 0.613. The van der Waals surface area contributed by atoms with Crippen molar-refractivity contribution in [3.63, 3.8) is 0 Å². The molecule has 0 saturated heterocycles. The Balaban J connectivity index is 1.55. The highest BCUT2D eigenvalue weighted by atomic mass is 32.1. The van der Waals surface area contributed by atoms with Crippen LogP contribution in [0.25, 0.3) is 10.1 Å². The number of benzene rings is 1. The van der Waals surface area contributed by atoms with Gasteiger partial charge in [0, 0.05) is 10.7 Å². The summed E-state index contributed by atoms with van der Waals surface area (Å²) in [6.07, 6.45) is 2.37. The van der Waals surface area contributed by atoms with Gasteiger partial charge in [-0.2, -0.15) is 11.3 Å². The van der Waals surface area contributed by atoms with Crippen LogP contribution in [0.2, 0.25) is 0 Å². The third-order valence-corrected chi connectivity index (χ3v) is 5.36. The van der Waals surface area contributed by atoms with Crippen LogP contribution < -0.4 is 5.32 Å². The lowest BCUT2D eigenvalue weighted by atomic mass is 10.1. The number of hydrogen-bond donors (Lipinski definition) is 1. The molecule has 0 bridgehead atoms. The molecule has 0 spiro atoms. The summed E-state index contributed by atoms with van der Waals surface area (Å²) in [4.78, 5) is 0. The minimum atomic E-state index is 0.425. The number of thiophene rings is 2. The number of rotatable bonds is 6. The Morgan fingerprint density at radius 2 is 2.05 bits per heavy atom. The highest BCUT2D eigenvalue weighted by Gasteiger charge is 2.10. The van der Waals surface area contributed by atoms with E-state index in [0.29, 0.717) is 6.04 Å². The minimum Gasteiger partial charge on any atom is -0.310 e. The molecule has 1 N–H and O–H groups in total. The van der Waals surface area contributed by atoms with E-state index in [4.69, 9.17) is 0 Å². The Morgan fingerprint density at radius 1 is 1.15 bits per heavy atom. The Kier molecular flexibility index (Phi) is 4.51. The van der Waals surface area contributed by atoms with Gasteiger partial charge in [0.2, 0.25) is 0 Å². The van der Waals surface area contributed by atoms with Gasteiger partial charge in [-0.15, -0.1) is 11.3 Å². The van der Waals surface area contributed by atoms with Crippen molar-refractivity contribution in [2.24, 2.45) is 0 Å². The molecule has 3 aromatic rings. The van der Waals surface area contributed by atoms with Crippen molar-refractivity contribution in [3.8, 4) is 0 Å². The van der Waals surface area contributed by atoms with Crippen LogP contribution in [0, 0.1) is 0 Å². The molecular weight excluding hydrogens is 282 g/mol. The van der Waals surface area contributed by atoms with Gasteiger partial charge in [0.15, 0.2) is 0 Å². The molecule has 20 heavy (non-hydrogen) atoms. The van der Waals surface area contributed by atoms with Crippen molar-refractivity contribution in [1.29, 1.82) is 0 Å². The van der Waals surface area contributed by atoms with E-state index in [0.717, 1.165) is 6.54 Å². The fraction of sp³-hybridized carbons (Fsp3) is 0.294. The van der Waals surface area contributed by atoms with Gasteiger partial charge in [-0.25, -0.2) is 0 Å². The summed E-state index contributed by atoms with van der Waals surface area (Å²) < 4.78 is 1.38. The molecule has 0 aliphatic heterocycles. The topological polar surface area (TPSA) is 12.0 Å². The maximum Gasteiger partial charge on any atom is 0.0346 e. The Labute approximate surface area is 128 Å². The number of nitrogens with one attached hydrogen (secondary N) is 1. The Hall–Kier alpha value is -1.16. The first-order chi connectivity index (χ1) is 9.84. The SMILES string of the molecule is CC(NCCCc1ccsc1)c1csc2ccccc12. The lowest BCUT2D eigenvalue weighted by Crippen LogP contribution is -2.19. The zero-order valence-electron chi connectivity index (χ0n) is 11.6. The molecule has 0 aliphatic carbocycles. The number of fused-ring (bicyclic) bond motifs is 1. The van der Waals surface area contributed by atoms with Crippen LogP contribution in [0.15, 0.2) is 46.5 Å². The van der Waals surface area contributed by atoms with E-state index in [1.165, 1.54) is 34.1 Å². The third kappa shape index (κ3) is 3.11. The maximum absolute atomic E-state index is 3.65. The minimum absolute atomic E-state index is 0.425. The van der Waals surface area contributed by atoms with Gasteiger partial charge < -0.3 is 5.32 Å². The van der Waals surface area contributed by atoms with E-state index in [1.807, 2.05) is 11.3 Å². The normalized spacial score (nSPS) is 12.8. The van der Waals surface area contributed by atoms with Gasteiger partial charge in [-0.05, 0) is 71.1 Å². The summed E-state index contributed by atoms with van der Waals surface area (Å²) in [5, 5.41) is 11.7. The van der Waals surface area contributed by atoms with Gasteiger partial charge in [0.25, 0.3) is 0 Å². The average Bonchev–Trinajstić information content (AvgIpc) is 3.12. The smallest absolute Gasteiger partial charge is 0.0346 e. The van der Waals surface area contributed by atoms with Crippen LogP contribution in [0.3, 0.4) is 0 Å². The average molecular weight is 301 g/mol. The summed E-state index contributed by atoms with van der Waals surface area (Å²) >= 11 is 3.63. The van der Waals surface area contributed by atoms with E-state index in [9.17, 15) is 0 Å². The van der Waals surface area contributed by atoms with Crippen molar-refractivity contribution >= 4 is 32.8 Å². The third-order valence-electron chi connectivity index (χ3n) is 3.65. The van der Waals surface area contributed by atoms with Crippen molar-refractivity contribution in [1.82, 2.24) is 5.32 Å². The number of hydrogen-bond acceptors (Lipinski definition) is 3. The van der Waals surface area contributed by atoms with E-state index in [1.54, 1.807) is 11.3 Å². The van der Waals surface area contributed by atoms with Gasteiger partial charge in [-0.1, -0.05) is 18.2 Å². The van der Waals surface area contributed by atoms with Crippen molar-refractivity contribution in [3.05, 3.63) is 57.6 Å². The molecule has 2 aromatic heterocycles. The molecule has 1 aromatic carbocycles. The second-order valence-electron chi connectivity index (χ2n) is 5.10. The first-order valence-corrected chi connectivity index (χ1v) is 8.87. The summed E-state index contributed by atoms with van der Waals surface area (Å²) in [5.74, 6) is 0. The molecular formula is C17H19NS2. The molecule has 0 saturated carbocycles. The highest BCUT2D eigenvalue weighted by Crippen LogP contribution is 2.29. The molecule has 1 unspecified atom stereocenters. The summed E-state index contributed by atoms with van der Waals surface area (Å²) in [6, 6.07) is 11.3. The van der Waals surface area contributed by atoms with Gasteiger partial charge in [-0.3, -0.25) is 0 Å². The molecule has 0 amide bonds. The molecule has 1 atom stereocenters. The summed E-state index contributed by atoms with van der Waals surface area (Å²) in [5.41, 5.74) is 2.89. The van der Waals surface area contributed by atoms with Crippen molar-refractivity contribution in [2.45, 2.75) is 25.8 Å². The largest absolute Gasteiger partial charge is 0.310 e. The van der Waals surface area contributed by atoms with E-state index in [-0.39, 0.29) is 0 Å². The van der Waals surface area contributed by atoms with Crippen LogP contribution in [0.5, 0.6) is 0 Å². The maximum atomic E-state index is 3.65. The zero-order chi connectivity index (χ0) is 13.8. The molecule has 0 aliphatic rings. The van der Waals surface area contributed by atoms with Gasteiger partial charge in [0.1, 0.15) is 0 Å². The fourth-order valence-electron chi connectivity index (χ4n) is 2.49. The van der Waals surface area contributed by atoms with E-state index in [2.05, 4.69) is 58.7 Å². The van der Waals surface area contributed by atoms with Crippen LogP contribution in [-0.2, 0) is 6.42 Å². The van der Waals surface area contributed by atoms with E-state index >= 15 is 0 Å². The summed E-state index contributed by atoms with van der Waals surface area (Å²) in [7, 11) is 0. The Morgan fingerprint density at radius 3 is 2.90 bits per heavy atom. The first kappa shape index (κ1) is 13.8. The van der Waals surface area contributed by atoms with Crippen LogP contribution in [-0.4, -0.2) is 6.54 Å². The second-order valence-corrected chi connectivity index (χ2v) is 6.79. The first-order valence-electron chi connectivity index (χ1n) is 7.05. The van der Waals surface area contributed by atoms with Crippen LogP contribution in [0.1, 0.15) is 30.5 Å². The lowest BCUT2D eigenvalue weighted by Gasteiger charge is -2.13. The van der Waals surface area contributed by atoms with Gasteiger partial charge in [0.05, 0.1) is 0 Å². The monoisotopic (exact) mass is 301 g/mol. The predicted molar refractivity (Wildman–Crippen MR) is 90.9 cm³/mol. The zero-order valence-corrected chi connectivity index (χ0v) is 13.3. The van der Waals surface area contributed by atoms with E-state index < -0.39 is 0 Å². The molecule has 0 radical (unpaired) electrons. The highest BCUT2D eigenvalue weighted by molar-refractivity contribution is 7.17. The Bertz CT molecular complexity index is 655. The van der Waals surface area contributed by atoms with Gasteiger partial charge >= 0.3 is 0 Å². The molecule has 3 heteroatoms. The standard InChI is InChI=1S/C17H19NS2/c1-13(18-9-4-5-14-8-10-19-11-14)16-12-20-17-7-3-2-6-15(16)17/h2-3,6-8,10-13,18H,4-5,9H2,1H3. The van der Waals surface area contributed by atoms with Crippen molar-refractivity contribution < 1.29 is 0 Å². The number of aryl methyl sites for hydroxylation is 1.